The van der Waals surface area contributed by atoms with Crippen LogP contribution in [-0.2, 0) is 17.8 Å². The first-order valence-corrected chi connectivity index (χ1v) is 11.0. The number of hydrogen-bond acceptors (Lipinski definition) is 4. The smallest absolute Gasteiger partial charge is 0.254 e. The van der Waals surface area contributed by atoms with Gasteiger partial charge in [-0.15, -0.1) is 0 Å². The minimum Gasteiger partial charge on any atom is -0.497 e. The van der Waals surface area contributed by atoms with E-state index in [1.54, 1.807) is 13.3 Å². The zero-order chi connectivity index (χ0) is 21.4. The van der Waals surface area contributed by atoms with E-state index in [-0.39, 0.29) is 5.91 Å². The second kappa shape index (κ2) is 8.19. The molecule has 1 amide bonds. The number of hydrogen-bond donors (Lipinski definition) is 1. The summed E-state index contributed by atoms with van der Waals surface area (Å²) in [5, 5.41) is 5.53. The third-order valence-electron chi connectivity index (χ3n) is 6.50. The summed E-state index contributed by atoms with van der Waals surface area (Å²) in [6, 6.07) is 14.6. The van der Waals surface area contributed by atoms with E-state index in [9.17, 15) is 4.79 Å². The van der Waals surface area contributed by atoms with Gasteiger partial charge in [-0.3, -0.25) is 9.69 Å². The molecule has 31 heavy (non-hydrogen) atoms. The lowest BCUT2D eigenvalue weighted by molar-refractivity contribution is -0.123. The van der Waals surface area contributed by atoms with Crippen molar-refractivity contribution >= 4 is 23.0 Å². The van der Waals surface area contributed by atoms with Crippen molar-refractivity contribution in [2.75, 3.05) is 20.2 Å². The molecule has 5 rings (SSSR count). The van der Waals surface area contributed by atoms with E-state index in [4.69, 9.17) is 4.74 Å². The van der Waals surface area contributed by atoms with Crippen LogP contribution in [0.1, 0.15) is 41.3 Å². The molecule has 2 heterocycles. The number of benzene rings is 2. The van der Waals surface area contributed by atoms with E-state index < -0.39 is 0 Å². The monoisotopic (exact) mass is 416 g/mol. The molecule has 2 aromatic carbocycles. The first kappa shape index (κ1) is 19.8. The number of carbonyl (C=O) groups is 1. The van der Waals surface area contributed by atoms with E-state index in [2.05, 4.69) is 45.1 Å². The van der Waals surface area contributed by atoms with Crippen LogP contribution in [0.5, 0.6) is 5.75 Å². The van der Waals surface area contributed by atoms with Gasteiger partial charge in [-0.05, 0) is 73.7 Å². The number of nitrogens with one attached hydrogen (secondary N) is 1. The Morgan fingerprint density at radius 2 is 2.06 bits per heavy atom. The van der Waals surface area contributed by atoms with Crippen LogP contribution < -0.4 is 10.2 Å². The van der Waals surface area contributed by atoms with Gasteiger partial charge in [0.05, 0.1) is 25.9 Å². The molecular weight excluding hydrogens is 388 g/mol. The van der Waals surface area contributed by atoms with E-state index >= 15 is 0 Å². The summed E-state index contributed by atoms with van der Waals surface area (Å²) in [5.74, 6) is 0.725. The summed E-state index contributed by atoms with van der Waals surface area (Å²) in [5.41, 5.74) is 9.16. The first-order valence-electron chi connectivity index (χ1n) is 11.0. The van der Waals surface area contributed by atoms with Gasteiger partial charge in [-0.25, -0.2) is 5.43 Å². The van der Waals surface area contributed by atoms with Crippen molar-refractivity contribution in [3.63, 3.8) is 0 Å². The summed E-state index contributed by atoms with van der Waals surface area (Å²) < 4.78 is 7.65. The Labute approximate surface area is 182 Å². The van der Waals surface area contributed by atoms with Gasteiger partial charge in [-0.1, -0.05) is 11.6 Å². The number of aryl methyl sites for hydroxylation is 2. The fraction of sp³-hybridized carbons (Fsp3) is 0.360. The molecule has 0 saturated heterocycles. The molecule has 160 valence electrons. The van der Waals surface area contributed by atoms with Gasteiger partial charge >= 0.3 is 0 Å². The second-order valence-corrected chi connectivity index (χ2v) is 8.48. The maximum Gasteiger partial charge on any atom is 0.254 e. The zero-order valence-corrected chi connectivity index (χ0v) is 18.1. The molecule has 0 bridgehead atoms. The van der Waals surface area contributed by atoms with Crippen LogP contribution >= 0.6 is 0 Å². The summed E-state index contributed by atoms with van der Waals surface area (Å²) >= 11 is 0. The summed E-state index contributed by atoms with van der Waals surface area (Å²) in [4.78, 5) is 14.9. The number of aromatic nitrogens is 1. The lowest BCUT2D eigenvalue weighted by Gasteiger charge is -2.39. The molecule has 2 aliphatic rings. The number of hydrazone groups is 1. The number of nitrogens with zero attached hydrogens (tertiary/aromatic N) is 3. The highest BCUT2D eigenvalue weighted by molar-refractivity contribution is 5.87. The van der Waals surface area contributed by atoms with Crippen LogP contribution in [-0.4, -0.2) is 41.8 Å². The molecule has 0 unspecified atom stereocenters. The fourth-order valence-electron chi connectivity index (χ4n) is 5.07. The third kappa shape index (κ3) is 3.72. The largest absolute Gasteiger partial charge is 0.497 e. The Hall–Kier alpha value is -3.12. The highest BCUT2D eigenvalue weighted by Crippen LogP contribution is 2.42. The summed E-state index contributed by atoms with van der Waals surface area (Å²) in [6.07, 6.45) is 5.06. The van der Waals surface area contributed by atoms with Crippen LogP contribution in [0.2, 0.25) is 0 Å². The van der Waals surface area contributed by atoms with Gasteiger partial charge in [-0.2, -0.15) is 5.10 Å². The molecule has 0 fully saturated rings. The van der Waals surface area contributed by atoms with Crippen molar-refractivity contribution < 1.29 is 9.53 Å². The quantitative estimate of drug-likeness (QED) is 0.508. The number of fused-ring (bicyclic) bond motifs is 3. The summed E-state index contributed by atoms with van der Waals surface area (Å²) in [6.45, 7) is 4.33. The lowest BCUT2D eigenvalue weighted by Crippen LogP contribution is -2.44. The molecule has 6 nitrogen and oxygen atoms in total. The molecule has 0 spiro atoms. The van der Waals surface area contributed by atoms with Gasteiger partial charge in [0.15, 0.2) is 0 Å². The Morgan fingerprint density at radius 3 is 2.87 bits per heavy atom. The molecule has 3 aromatic rings. The molecule has 1 atom stereocenters. The van der Waals surface area contributed by atoms with Crippen molar-refractivity contribution in [2.24, 2.45) is 5.10 Å². The molecule has 1 aliphatic carbocycles. The Morgan fingerprint density at radius 1 is 1.23 bits per heavy atom. The normalized spacial score (nSPS) is 18.3. The van der Waals surface area contributed by atoms with Crippen molar-refractivity contribution in [1.29, 1.82) is 0 Å². The molecule has 0 saturated carbocycles. The van der Waals surface area contributed by atoms with Crippen LogP contribution in [0.3, 0.4) is 0 Å². The summed E-state index contributed by atoms with van der Waals surface area (Å²) in [7, 11) is 1.64. The molecule has 6 heteroatoms. The van der Waals surface area contributed by atoms with E-state index in [1.807, 2.05) is 24.3 Å². The van der Waals surface area contributed by atoms with Gasteiger partial charge in [0.25, 0.3) is 5.91 Å². The number of rotatable bonds is 5. The molecule has 1 aliphatic heterocycles. The predicted octanol–water partition coefficient (Wildman–Crippen LogP) is 3.80. The van der Waals surface area contributed by atoms with E-state index in [0.29, 0.717) is 12.6 Å². The van der Waals surface area contributed by atoms with E-state index in [1.165, 1.54) is 34.1 Å². The molecule has 1 aromatic heterocycles. The van der Waals surface area contributed by atoms with Gasteiger partial charge in [0.1, 0.15) is 5.75 Å². The van der Waals surface area contributed by atoms with Gasteiger partial charge in [0, 0.05) is 29.7 Å². The minimum atomic E-state index is -0.0720. The minimum absolute atomic E-state index is 0.0720. The molecule has 1 N–H and O–H groups in total. The van der Waals surface area contributed by atoms with Crippen molar-refractivity contribution in [3.05, 3.63) is 64.8 Å². The van der Waals surface area contributed by atoms with Crippen molar-refractivity contribution in [1.82, 2.24) is 14.9 Å². The predicted molar refractivity (Wildman–Crippen MR) is 123 cm³/mol. The molecular formula is C25H28N4O2. The standard InChI is InChI=1S/C25H28N4O2/c1-17-6-11-22-21(14-17)20-4-3-5-23-25(20)29(22)13-12-28(23)16-24(30)27-26-15-18-7-9-19(31-2)10-8-18/h6-11,14-15,23H,3-5,12-13,16H2,1-2H3,(H,27,30)/b26-15-/t23-/m1/s1. The fourth-order valence-corrected chi connectivity index (χ4v) is 5.07. The third-order valence-corrected chi connectivity index (χ3v) is 6.50. The Bertz CT molecular complexity index is 1150. The maximum atomic E-state index is 12.6. The first-order chi connectivity index (χ1) is 15.1. The highest BCUT2D eigenvalue weighted by Gasteiger charge is 2.35. The van der Waals surface area contributed by atoms with E-state index in [0.717, 1.165) is 37.2 Å². The maximum absolute atomic E-state index is 12.6. The van der Waals surface area contributed by atoms with Crippen molar-refractivity contribution in [3.8, 4) is 5.75 Å². The molecule has 0 radical (unpaired) electrons. The Kier molecular flexibility index (Phi) is 5.24. The van der Waals surface area contributed by atoms with Crippen molar-refractivity contribution in [2.45, 2.75) is 38.8 Å². The number of carbonyl (C=O) groups excluding carboxylic acids is 1. The van der Waals surface area contributed by atoms with Crippen LogP contribution in [0.25, 0.3) is 10.9 Å². The topological polar surface area (TPSA) is 58.9 Å². The Balaban J connectivity index is 1.29. The second-order valence-electron chi connectivity index (χ2n) is 8.48. The zero-order valence-electron chi connectivity index (χ0n) is 18.1. The SMILES string of the molecule is COc1ccc(/C=N\NC(=O)CN2CCn3c4c(c5cc(C)ccc53)CCC[C@H]42)cc1. The highest BCUT2D eigenvalue weighted by atomic mass is 16.5. The average molecular weight is 417 g/mol. The van der Waals surface area contributed by atoms with Crippen LogP contribution in [0, 0.1) is 6.92 Å². The lowest BCUT2D eigenvalue weighted by atomic mass is 9.89. The van der Waals surface area contributed by atoms with Crippen LogP contribution in [0.15, 0.2) is 47.6 Å². The number of methoxy groups -OCH3 is 1. The van der Waals surface area contributed by atoms with Gasteiger partial charge in [0.2, 0.25) is 0 Å². The average Bonchev–Trinajstić information content (AvgIpc) is 3.10. The number of ether oxygens (including phenoxy) is 1. The van der Waals surface area contributed by atoms with Crippen LogP contribution in [0.4, 0.5) is 0 Å². The van der Waals surface area contributed by atoms with Gasteiger partial charge < -0.3 is 9.30 Å². The number of amides is 1.